The highest BCUT2D eigenvalue weighted by atomic mass is 16.5. The predicted molar refractivity (Wildman–Crippen MR) is 55.6 cm³/mol. The van der Waals surface area contributed by atoms with Gasteiger partial charge < -0.3 is 9.84 Å². The summed E-state index contributed by atoms with van der Waals surface area (Å²) in [5.41, 5.74) is 1.23. The van der Waals surface area contributed by atoms with Crippen LogP contribution in [0.5, 0.6) is 5.75 Å². The van der Waals surface area contributed by atoms with E-state index in [-0.39, 0.29) is 6.10 Å². The van der Waals surface area contributed by atoms with Crippen molar-refractivity contribution in [3.63, 3.8) is 0 Å². The standard InChI is InChI=1S/C12H16O2/c1-14-10-7-5-9(6-8-10)11-3-2-4-12(11)13/h5-8,11-13H,2-4H2,1H3/t11-,12+/m1/s1. The largest absolute Gasteiger partial charge is 0.497 e. The first kappa shape index (κ1) is 9.53. The summed E-state index contributed by atoms with van der Waals surface area (Å²) >= 11 is 0. The molecular formula is C12H16O2. The Morgan fingerprint density at radius 2 is 1.93 bits per heavy atom. The maximum Gasteiger partial charge on any atom is 0.118 e. The smallest absolute Gasteiger partial charge is 0.118 e. The van der Waals surface area contributed by atoms with Crippen molar-refractivity contribution in [2.75, 3.05) is 7.11 Å². The summed E-state index contributed by atoms with van der Waals surface area (Å²) in [6.45, 7) is 0. The molecule has 2 atom stereocenters. The second-order valence-corrected chi connectivity index (χ2v) is 3.88. The van der Waals surface area contributed by atoms with Gasteiger partial charge in [0.05, 0.1) is 13.2 Å². The van der Waals surface area contributed by atoms with E-state index < -0.39 is 0 Å². The van der Waals surface area contributed by atoms with Gasteiger partial charge in [-0.15, -0.1) is 0 Å². The fourth-order valence-electron chi connectivity index (χ4n) is 2.18. The van der Waals surface area contributed by atoms with E-state index in [1.165, 1.54) is 5.56 Å². The van der Waals surface area contributed by atoms with Crippen molar-refractivity contribution >= 4 is 0 Å². The van der Waals surface area contributed by atoms with E-state index in [9.17, 15) is 5.11 Å². The Balaban J connectivity index is 2.16. The van der Waals surface area contributed by atoms with Crippen molar-refractivity contribution in [1.29, 1.82) is 0 Å². The summed E-state index contributed by atoms with van der Waals surface area (Å²) in [7, 11) is 1.67. The molecule has 1 aromatic carbocycles. The Bertz CT molecular complexity index is 292. The Labute approximate surface area is 84.5 Å². The van der Waals surface area contributed by atoms with Crippen LogP contribution >= 0.6 is 0 Å². The van der Waals surface area contributed by atoms with Crippen molar-refractivity contribution in [2.24, 2.45) is 0 Å². The molecule has 76 valence electrons. The molecule has 0 radical (unpaired) electrons. The van der Waals surface area contributed by atoms with Gasteiger partial charge in [0.15, 0.2) is 0 Å². The summed E-state index contributed by atoms with van der Waals surface area (Å²) in [5.74, 6) is 1.21. The molecule has 0 heterocycles. The number of aliphatic hydroxyl groups excluding tert-OH is 1. The Kier molecular flexibility index (Phi) is 2.73. The molecule has 0 saturated heterocycles. The minimum atomic E-state index is -0.150. The Morgan fingerprint density at radius 3 is 2.43 bits per heavy atom. The molecule has 0 aliphatic heterocycles. The average molecular weight is 192 g/mol. The number of ether oxygens (including phenoxy) is 1. The van der Waals surface area contributed by atoms with Crippen LogP contribution in [-0.4, -0.2) is 18.3 Å². The maximum atomic E-state index is 9.74. The zero-order valence-corrected chi connectivity index (χ0v) is 8.44. The van der Waals surface area contributed by atoms with Crippen molar-refractivity contribution in [3.05, 3.63) is 29.8 Å². The van der Waals surface area contributed by atoms with Gasteiger partial charge in [-0.1, -0.05) is 18.6 Å². The van der Waals surface area contributed by atoms with Gasteiger partial charge in [0.2, 0.25) is 0 Å². The van der Waals surface area contributed by atoms with Gasteiger partial charge in [-0.3, -0.25) is 0 Å². The second-order valence-electron chi connectivity index (χ2n) is 3.88. The van der Waals surface area contributed by atoms with Crippen molar-refractivity contribution in [1.82, 2.24) is 0 Å². The number of rotatable bonds is 2. The third-order valence-electron chi connectivity index (χ3n) is 3.02. The lowest BCUT2D eigenvalue weighted by Crippen LogP contribution is -2.10. The molecule has 1 aromatic rings. The number of methoxy groups -OCH3 is 1. The molecule has 2 heteroatoms. The summed E-state index contributed by atoms with van der Waals surface area (Å²) in [5, 5.41) is 9.74. The van der Waals surface area contributed by atoms with Crippen LogP contribution in [0.15, 0.2) is 24.3 Å². The summed E-state index contributed by atoms with van der Waals surface area (Å²) in [6, 6.07) is 8.02. The van der Waals surface area contributed by atoms with Gasteiger partial charge in [0.1, 0.15) is 5.75 Å². The van der Waals surface area contributed by atoms with Crippen LogP contribution in [0.2, 0.25) is 0 Å². The molecule has 0 unspecified atom stereocenters. The minimum absolute atomic E-state index is 0.150. The third-order valence-corrected chi connectivity index (χ3v) is 3.02. The number of benzene rings is 1. The molecule has 1 fully saturated rings. The lowest BCUT2D eigenvalue weighted by molar-refractivity contribution is 0.164. The van der Waals surface area contributed by atoms with Crippen LogP contribution in [0, 0.1) is 0 Å². The molecule has 1 N–H and O–H groups in total. The quantitative estimate of drug-likeness (QED) is 0.779. The average Bonchev–Trinajstić information content (AvgIpc) is 2.65. The first-order valence-corrected chi connectivity index (χ1v) is 5.13. The van der Waals surface area contributed by atoms with Crippen molar-refractivity contribution < 1.29 is 9.84 Å². The first-order chi connectivity index (χ1) is 6.81. The molecule has 1 saturated carbocycles. The zero-order valence-electron chi connectivity index (χ0n) is 8.44. The summed E-state index contributed by atoms with van der Waals surface area (Å²) in [6.07, 6.45) is 3.03. The second kappa shape index (κ2) is 4.01. The molecule has 0 aromatic heterocycles. The molecular weight excluding hydrogens is 176 g/mol. The van der Waals surface area contributed by atoms with Crippen LogP contribution in [0.3, 0.4) is 0 Å². The van der Waals surface area contributed by atoms with Crippen LogP contribution in [-0.2, 0) is 0 Å². The molecule has 2 nitrogen and oxygen atoms in total. The van der Waals surface area contributed by atoms with Gasteiger partial charge in [-0.2, -0.15) is 0 Å². The molecule has 0 bridgehead atoms. The SMILES string of the molecule is COc1ccc([C@H]2CCC[C@@H]2O)cc1. The van der Waals surface area contributed by atoms with Gasteiger partial charge in [0, 0.05) is 5.92 Å². The van der Waals surface area contributed by atoms with Crippen molar-refractivity contribution in [2.45, 2.75) is 31.3 Å². The van der Waals surface area contributed by atoms with E-state index in [4.69, 9.17) is 4.74 Å². The van der Waals surface area contributed by atoms with E-state index in [2.05, 4.69) is 12.1 Å². The van der Waals surface area contributed by atoms with Gasteiger partial charge >= 0.3 is 0 Å². The fraction of sp³-hybridized carbons (Fsp3) is 0.500. The lowest BCUT2D eigenvalue weighted by atomic mass is 9.96. The molecule has 14 heavy (non-hydrogen) atoms. The van der Waals surface area contributed by atoms with E-state index in [1.54, 1.807) is 7.11 Å². The van der Waals surface area contributed by atoms with Gasteiger partial charge in [-0.25, -0.2) is 0 Å². The van der Waals surface area contributed by atoms with Crippen LogP contribution in [0.25, 0.3) is 0 Å². The van der Waals surface area contributed by atoms with E-state index in [1.807, 2.05) is 12.1 Å². The highest BCUT2D eigenvalue weighted by Gasteiger charge is 2.26. The minimum Gasteiger partial charge on any atom is -0.497 e. The van der Waals surface area contributed by atoms with E-state index in [0.29, 0.717) is 5.92 Å². The first-order valence-electron chi connectivity index (χ1n) is 5.13. The topological polar surface area (TPSA) is 29.5 Å². The van der Waals surface area contributed by atoms with Gasteiger partial charge in [-0.05, 0) is 30.5 Å². The van der Waals surface area contributed by atoms with Crippen LogP contribution in [0.1, 0.15) is 30.7 Å². The molecule has 1 aliphatic rings. The van der Waals surface area contributed by atoms with Crippen LogP contribution < -0.4 is 4.74 Å². The van der Waals surface area contributed by atoms with Gasteiger partial charge in [0.25, 0.3) is 0 Å². The molecule has 1 aliphatic carbocycles. The highest BCUT2D eigenvalue weighted by Crippen LogP contribution is 2.34. The third kappa shape index (κ3) is 1.75. The van der Waals surface area contributed by atoms with Crippen molar-refractivity contribution in [3.8, 4) is 5.75 Å². The molecule has 0 spiro atoms. The highest BCUT2D eigenvalue weighted by molar-refractivity contribution is 5.30. The predicted octanol–water partition coefficient (Wildman–Crippen LogP) is 2.32. The van der Waals surface area contributed by atoms with Crippen LogP contribution in [0.4, 0.5) is 0 Å². The Morgan fingerprint density at radius 1 is 1.21 bits per heavy atom. The van der Waals surface area contributed by atoms with E-state index >= 15 is 0 Å². The lowest BCUT2D eigenvalue weighted by Gasteiger charge is -2.14. The number of hydrogen-bond acceptors (Lipinski definition) is 2. The normalized spacial score (nSPS) is 26.4. The summed E-state index contributed by atoms with van der Waals surface area (Å²) in [4.78, 5) is 0. The number of hydrogen-bond donors (Lipinski definition) is 1. The number of aliphatic hydroxyl groups is 1. The van der Waals surface area contributed by atoms with E-state index in [0.717, 1.165) is 25.0 Å². The summed E-state index contributed by atoms with van der Waals surface area (Å²) < 4.78 is 5.10. The molecule has 0 amide bonds. The Hall–Kier alpha value is -1.02. The molecule has 2 rings (SSSR count). The zero-order chi connectivity index (χ0) is 9.97. The monoisotopic (exact) mass is 192 g/mol. The maximum absolute atomic E-state index is 9.74. The fourth-order valence-corrected chi connectivity index (χ4v) is 2.18.